The van der Waals surface area contributed by atoms with Crippen molar-refractivity contribution in [1.29, 1.82) is 0 Å². The van der Waals surface area contributed by atoms with Crippen LogP contribution in [0.4, 0.5) is 0 Å². The highest BCUT2D eigenvalue weighted by molar-refractivity contribution is 5.79. The molecule has 124 valence electrons. The molecular weight excluding hydrogens is 280 g/mol. The molecule has 1 aliphatic rings. The van der Waals surface area contributed by atoms with Crippen LogP contribution in [0.3, 0.4) is 0 Å². The van der Waals surface area contributed by atoms with Crippen LogP contribution in [-0.2, 0) is 11.2 Å². The smallest absolute Gasteiger partial charge is 0.193 e. The van der Waals surface area contributed by atoms with Crippen LogP contribution < -0.4 is 5.32 Å². The molecule has 6 heteroatoms. The Kier molecular flexibility index (Phi) is 6.24. The van der Waals surface area contributed by atoms with Crippen LogP contribution in [0, 0.1) is 19.8 Å². The van der Waals surface area contributed by atoms with E-state index in [1.807, 2.05) is 20.9 Å². The van der Waals surface area contributed by atoms with E-state index in [0.717, 1.165) is 56.1 Å². The molecule has 1 aliphatic carbocycles. The summed E-state index contributed by atoms with van der Waals surface area (Å²) in [5.74, 6) is 2.61. The van der Waals surface area contributed by atoms with Gasteiger partial charge in [-0.05, 0) is 39.0 Å². The van der Waals surface area contributed by atoms with Gasteiger partial charge in [-0.3, -0.25) is 4.99 Å². The zero-order valence-electron chi connectivity index (χ0n) is 14.2. The van der Waals surface area contributed by atoms with Gasteiger partial charge in [-0.1, -0.05) is 5.16 Å². The molecule has 1 saturated carbocycles. The Labute approximate surface area is 132 Å². The Hall–Kier alpha value is -1.56. The number of nitrogens with one attached hydrogen (secondary N) is 1. The topological polar surface area (TPSA) is 62.9 Å². The molecule has 0 aromatic carbocycles. The summed E-state index contributed by atoms with van der Waals surface area (Å²) in [6.45, 7) is 7.24. The summed E-state index contributed by atoms with van der Waals surface area (Å²) in [4.78, 5) is 6.41. The molecule has 1 heterocycles. The molecule has 1 aromatic heterocycles. The van der Waals surface area contributed by atoms with Crippen LogP contribution in [0.1, 0.15) is 29.9 Å². The van der Waals surface area contributed by atoms with Gasteiger partial charge in [-0.2, -0.15) is 0 Å². The van der Waals surface area contributed by atoms with Crippen molar-refractivity contribution in [2.24, 2.45) is 10.9 Å². The van der Waals surface area contributed by atoms with E-state index in [4.69, 9.17) is 9.26 Å². The van der Waals surface area contributed by atoms with Gasteiger partial charge in [0.25, 0.3) is 0 Å². The van der Waals surface area contributed by atoms with Crippen molar-refractivity contribution >= 4 is 5.96 Å². The van der Waals surface area contributed by atoms with Gasteiger partial charge < -0.3 is 19.5 Å². The lowest BCUT2D eigenvalue weighted by Crippen LogP contribution is -2.41. The van der Waals surface area contributed by atoms with E-state index in [-0.39, 0.29) is 0 Å². The maximum absolute atomic E-state index is 5.67. The third kappa shape index (κ3) is 5.02. The van der Waals surface area contributed by atoms with E-state index in [2.05, 4.69) is 20.4 Å². The van der Waals surface area contributed by atoms with Crippen molar-refractivity contribution in [3.05, 3.63) is 17.0 Å². The van der Waals surface area contributed by atoms with Crippen molar-refractivity contribution in [3.8, 4) is 0 Å². The van der Waals surface area contributed by atoms with Crippen LogP contribution in [0.15, 0.2) is 9.52 Å². The number of nitrogens with zero attached hydrogens (tertiary/aromatic N) is 3. The lowest BCUT2D eigenvalue weighted by atomic mass is 10.1. The minimum Gasteiger partial charge on any atom is -0.379 e. The highest BCUT2D eigenvalue weighted by Gasteiger charge is 2.21. The van der Waals surface area contributed by atoms with Crippen molar-refractivity contribution in [1.82, 2.24) is 15.4 Å². The molecular formula is C16H28N4O2. The second-order valence-corrected chi connectivity index (χ2v) is 5.97. The average molecular weight is 308 g/mol. The minimum absolute atomic E-state index is 0.748. The van der Waals surface area contributed by atoms with Crippen LogP contribution in [-0.4, -0.2) is 56.4 Å². The number of ether oxygens (including phenoxy) is 1. The van der Waals surface area contributed by atoms with Gasteiger partial charge in [0.05, 0.1) is 12.3 Å². The molecule has 0 bridgehead atoms. The monoisotopic (exact) mass is 308 g/mol. The SMILES string of the molecule is CN=C(NCCc1c(C)noc1C)N(C)CCOCC1CC1. The summed E-state index contributed by atoms with van der Waals surface area (Å²) in [5, 5.41) is 7.35. The molecule has 0 atom stereocenters. The van der Waals surface area contributed by atoms with Crippen LogP contribution >= 0.6 is 0 Å². The highest BCUT2D eigenvalue weighted by Crippen LogP contribution is 2.28. The summed E-state index contributed by atoms with van der Waals surface area (Å²) in [7, 11) is 3.84. The Bertz CT molecular complexity index is 475. The molecule has 1 aromatic rings. The molecule has 2 rings (SSSR count). The fourth-order valence-corrected chi connectivity index (χ4v) is 2.38. The molecule has 0 unspecified atom stereocenters. The molecule has 6 nitrogen and oxygen atoms in total. The molecule has 1 fully saturated rings. The normalized spacial score (nSPS) is 15.2. The lowest BCUT2D eigenvalue weighted by molar-refractivity contribution is 0.115. The Morgan fingerprint density at radius 1 is 1.45 bits per heavy atom. The van der Waals surface area contributed by atoms with Crippen LogP contribution in [0.5, 0.6) is 0 Å². The first-order valence-corrected chi connectivity index (χ1v) is 8.03. The molecule has 0 amide bonds. The quantitative estimate of drug-likeness (QED) is 0.450. The average Bonchev–Trinajstić information content (AvgIpc) is 3.28. The standard InChI is InChI=1S/C16H28N4O2/c1-12-15(13(2)22-19-12)7-8-18-16(17-3)20(4)9-10-21-11-14-5-6-14/h14H,5-11H2,1-4H3,(H,17,18). The maximum Gasteiger partial charge on any atom is 0.193 e. The van der Waals surface area contributed by atoms with Gasteiger partial charge >= 0.3 is 0 Å². The first-order chi connectivity index (χ1) is 10.6. The largest absolute Gasteiger partial charge is 0.379 e. The number of likely N-dealkylation sites (N-methyl/N-ethyl adjacent to an activating group) is 1. The zero-order chi connectivity index (χ0) is 15.9. The minimum atomic E-state index is 0.748. The summed E-state index contributed by atoms with van der Waals surface area (Å²) < 4.78 is 10.9. The van der Waals surface area contributed by atoms with Crippen molar-refractivity contribution < 1.29 is 9.26 Å². The second-order valence-electron chi connectivity index (χ2n) is 5.97. The van der Waals surface area contributed by atoms with Gasteiger partial charge in [-0.25, -0.2) is 0 Å². The molecule has 1 N–H and O–H groups in total. The van der Waals surface area contributed by atoms with Crippen LogP contribution in [0.2, 0.25) is 0 Å². The molecule has 0 saturated heterocycles. The third-order valence-electron chi connectivity index (χ3n) is 4.03. The van der Waals surface area contributed by atoms with Crippen molar-refractivity contribution in [3.63, 3.8) is 0 Å². The number of aryl methyl sites for hydroxylation is 2. The van der Waals surface area contributed by atoms with Gasteiger partial charge in [0.2, 0.25) is 0 Å². The van der Waals surface area contributed by atoms with Crippen molar-refractivity contribution in [2.75, 3.05) is 40.4 Å². The van der Waals surface area contributed by atoms with Crippen LogP contribution in [0.25, 0.3) is 0 Å². The molecule has 0 spiro atoms. The Balaban J connectivity index is 1.67. The molecule has 22 heavy (non-hydrogen) atoms. The maximum atomic E-state index is 5.67. The molecule has 0 radical (unpaired) electrons. The number of hydrogen-bond donors (Lipinski definition) is 1. The van der Waals surface area contributed by atoms with E-state index in [9.17, 15) is 0 Å². The number of guanidine groups is 1. The van der Waals surface area contributed by atoms with E-state index in [1.54, 1.807) is 7.05 Å². The number of hydrogen-bond acceptors (Lipinski definition) is 4. The Morgan fingerprint density at radius 3 is 2.82 bits per heavy atom. The predicted octanol–water partition coefficient (Wildman–Crippen LogP) is 1.77. The summed E-state index contributed by atoms with van der Waals surface area (Å²) in [6, 6.07) is 0. The zero-order valence-corrected chi connectivity index (χ0v) is 14.2. The predicted molar refractivity (Wildman–Crippen MR) is 87.2 cm³/mol. The second kappa shape index (κ2) is 8.17. The van der Waals surface area contributed by atoms with E-state index < -0.39 is 0 Å². The van der Waals surface area contributed by atoms with Gasteiger partial charge in [0.1, 0.15) is 5.76 Å². The molecule has 0 aliphatic heterocycles. The third-order valence-corrected chi connectivity index (χ3v) is 4.03. The highest BCUT2D eigenvalue weighted by atomic mass is 16.5. The fraction of sp³-hybridized carbons (Fsp3) is 0.750. The first kappa shape index (κ1) is 16.8. The number of rotatable bonds is 8. The number of aliphatic imine (C=N–C) groups is 1. The van der Waals surface area contributed by atoms with E-state index in [0.29, 0.717) is 0 Å². The van der Waals surface area contributed by atoms with Gasteiger partial charge in [-0.15, -0.1) is 0 Å². The lowest BCUT2D eigenvalue weighted by Gasteiger charge is -2.22. The van der Waals surface area contributed by atoms with Crippen molar-refractivity contribution in [2.45, 2.75) is 33.1 Å². The Morgan fingerprint density at radius 2 is 2.23 bits per heavy atom. The fourth-order valence-electron chi connectivity index (χ4n) is 2.38. The summed E-state index contributed by atoms with van der Waals surface area (Å²) in [6.07, 6.45) is 3.55. The summed E-state index contributed by atoms with van der Waals surface area (Å²) >= 11 is 0. The van der Waals surface area contributed by atoms with Gasteiger partial charge in [0, 0.05) is 39.4 Å². The first-order valence-electron chi connectivity index (χ1n) is 8.03. The van der Waals surface area contributed by atoms with Gasteiger partial charge in [0.15, 0.2) is 5.96 Å². The van der Waals surface area contributed by atoms with E-state index in [1.165, 1.54) is 18.4 Å². The van der Waals surface area contributed by atoms with E-state index >= 15 is 0 Å². The number of aromatic nitrogens is 1. The summed E-state index contributed by atoms with van der Waals surface area (Å²) in [5.41, 5.74) is 2.15.